The predicted octanol–water partition coefficient (Wildman–Crippen LogP) is 7.41. The number of carbonyl (C=O) groups is 2. The second-order valence-corrected chi connectivity index (χ2v) is 8.30. The molecular weight excluding hydrogens is 540 g/mol. The average molecular weight is 568 g/mol. The van der Waals surface area contributed by atoms with Crippen LogP contribution in [0.1, 0.15) is 36.1 Å². The zero-order chi connectivity index (χ0) is 27.3. The topological polar surface area (TPSA) is 86.7 Å². The van der Waals surface area contributed by atoms with Gasteiger partial charge in [-0.25, -0.2) is 0 Å². The zero-order valence-corrected chi connectivity index (χ0v) is 22.5. The Bertz CT molecular complexity index is 1260. The van der Waals surface area contributed by atoms with E-state index < -0.39 is 11.8 Å². The second-order valence-electron chi connectivity index (χ2n) is 8.30. The predicted molar refractivity (Wildman–Crippen MR) is 157 cm³/mol. The number of carbonyl (C=O) groups excluding carboxylic acids is 2. The van der Waals surface area contributed by atoms with Crippen molar-refractivity contribution in [3.8, 4) is 0 Å². The number of rotatable bonds is 6. The molecule has 0 atom stereocenters. The summed E-state index contributed by atoms with van der Waals surface area (Å²) in [6.07, 6.45) is 7.91. The summed E-state index contributed by atoms with van der Waals surface area (Å²) in [6, 6.07) is 33.7. The molecule has 0 unspecified atom stereocenters. The summed E-state index contributed by atoms with van der Waals surface area (Å²) in [4.78, 5) is 21.9. The molecule has 7 heteroatoms. The van der Waals surface area contributed by atoms with E-state index in [1.807, 2.05) is 109 Å². The quantitative estimate of drug-likeness (QED) is 0.138. The Kier molecular flexibility index (Phi) is 12.6. The Morgan fingerprint density at radius 2 is 0.744 bits per heavy atom. The zero-order valence-electron chi connectivity index (χ0n) is 21.5. The minimum Gasteiger partial charge on any atom is -0.752 e. The Balaban J connectivity index is 0.000000267. The fraction of sp³-hybridized carbons (Fsp3) is 0.0625. The standard InChI is InChI=1S/2C16H14NO2.Cu/c2*1-13(18)17(19)16-11-9-15(10-12-16)8-7-14-5-3-2-4-6-14;/h2*2-12H,1H3;/q2*-1;+2/b2*8-7+;. The molecule has 201 valence electrons. The van der Waals surface area contributed by atoms with Crippen molar-refractivity contribution in [1.82, 2.24) is 0 Å². The van der Waals surface area contributed by atoms with Gasteiger partial charge in [0.25, 0.3) is 0 Å². The van der Waals surface area contributed by atoms with E-state index in [1.54, 1.807) is 24.3 Å². The molecule has 4 rings (SSSR count). The van der Waals surface area contributed by atoms with Gasteiger partial charge in [0.15, 0.2) is 0 Å². The molecule has 2 amide bonds. The Labute approximate surface area is 239 Å². The third-order valence-electron chi connectivity index (χ3n) is 5.36. The first-order chi connectivity index (χ1) is 18.3. The summed E-state index contributed by atoms with van der Waals surface area (Å²) < 4.78 is 0. The van der Waals surface area contributed by atoms with Crippen LogP contribution in [0.2, 0.25) is 0 Å². The number of nitrogens with zero attached hydrogens (tertiary/aromatic N) is 2. The molecule has 0 saturated carbocycles. The van der Waals surface area contributed by atoms with E-state index in [0.29, 0.717) is 21.5 Å². The van der Waals surface area contributed by atoms with Crippen LogP contribution in [0.5, 0.6) is 0 Å². The molecule has 0 heterocycles. The molecule has 0 aliphatic carbocycles. The summed E-state index contributed by atoms with van der Waals surface area (Å²) in [6.45, 7) is 2.49. The maximum Gasteiger partial charge on any atom is 2.00 e. The molecule has 4 aromatic carbocycles. The fourth-order valence-electron chi connectivity index (χ4n) is 3.32. The minimum absolute atomic E-state index is 0. The van der Waals surface area contributed by atoms with Gasteiger partial charge in [0.1, 0.15) is 0 Å². The first-order valence-electron chi connectivity index (χ1n) is 12.0. The Morgan fingerprint density at radius 1 is 0.487 bits per heavy atom. The second kappa shape index (κ2) is 15.9. The average Bonchev–Trinajstić information content (AvgIpc) is 2.96. The summed E-state index contributed by atoms with van der Waals surface area (Å²) in [5, 5.41) is 23.5. The number of hydroxylamine groups is 2. The van der Waals surface area contributed by atoms with Crippen molar-refractivity contribution in [2.75, 3.05) is 10.1 Å². The normalized spacial score (nSPS) is 10.4. The molecule has 0 fully saturated rings. The van der Waals surface area contributed by atoms with Crippen LogP contribution >= 0.6 is 0 Å². The molecule has 0 aliphatic rings. The van der Waals surface area contributed by atoms with E-state index in [1.165, 1.54) is 13.8 Å². The molecule has 0 N–H and O–H groups in total. The monoisotopic (exact) mass is 567 g/mol. The van der Waals surface area contributed by atoms with Crippen LogP contribution in [0.4, 0.5) is 11.4 Å². The van der Waals surface area contributed by atoms with Gasteiger partial charge in [-0.3, -0.25) is 9.59 Å². The Morgan fingerprint density at radius 3 is 1.00 bits per heavy atom. The van der Waals surface area contributed by atoms with Crippen molar-refractivity contribution in [3.05, 3.63) is 142 Å². The SMILES string of the molecule is CC(=O)N([O-])c1ccc(/C=C/c2ccccc2)cc1.CC(=O)N([O-])c1ccc(/C=C/c2ccccc2)cc1.[Cu+2]. The van der Waals surface area contributed by atoms with Crippen LogP contribution in [0.15, 0.2) is 109 Å². The molecule has 0 saturated heterocycles. The first kappa shape index (κ1) is 31.0. The van der Waals surface area contributed by atoms with Crippen molar-refractivity contribution in [1.29, 1.82) is 0 Å². The van der Waals surface area contributed by atoms with Crippen molar-refractivity contribution < 1.29 is 26.7 Å². The Hall–Kier alpha value is -4.26. The molecule has 0 aromatic heterocycles. The van der Waals surface area contributed by atoms with Crippen LogP contribution in [0, 0.1) is 10.4 Å². The van der Waals surface area contributed by atoms with Gasteiger partial charge in [0.2, 0.25) is 11.8 Å². The van der Waals surface area contributed by atoms with E-state index in [2.05, 4.69) is 0 Å². The van der Waals surface area contributed by atoms with E-state index in [-0.39, 0.29) is 17.1 Å². The molecule has 4 aromatic rings. The minimum atomic E-state index is -0.521. The van der Waals surface area contributed by atoms with E-state index >= 15 is 0 Å². The van der Waals surface area contributed by atoms with Gasteiger partial charge in [-0.1, -0.05) is 109 Å². The van der Waals surface area contributed by atoms with Gasteiger partial charge in [0, 0.05) is 25.2 Å². The van der Waals surface area contributed by atoms with Crippen molar-refractivity contribution in [3.63, 3.8) is 0 Å². The van der Waals surface area contributed by atoms with E-state index in [4.69, 9.17) is 0 Å². The molecule has 39 heavy (non-hydrogen) atoms. The number of anilines is 2. The maximum absolute atomic E-state index is 11.4. The maximum atomic E-state index is 11.4. The van der Waals surface area contributed by atoms with E-state index in [0.717, 1.165) is 22.3 Å². The van der Waals surface area contributed by atoms with Crippen LogP contribution < -0.4 is 10.1 Å². The number of hydrogen-bond acceptors (Lipinski definition) is 4. The van der Waals surface area contributed by atoms with Gasteiger partial charge in [0.05, 0.1) is 0 Å². The van der Waals surface area contributed by atoms with Crippen LogP contribution in [0.3, 0.4) is 0 Å². The fourth-order valence-corrected chi connectivity index (χ4v) is 3.32. The number of benzene rings is 4. The van der Waals surface area contributed by atoms with Crippen LogP contribution in [-0.4, -0.2) is 11.8 Å². The van der Waals surface area contributed by atoms with Crippen LogP contribution in [-0.2, 0) is 26.7 Å². The largest absolute Gasteiger partial charge is 2.00 e. The van der Waals surface area contributed by atoms with Gasteiger partial charge in [-0.05, 0) is 46.5 Å². The summed E-state index contributed by atoms with van der Waals surface area (Å²) in [5.41, 5.74) is 4.88. The number of amides is 2. The van der Waals surface area contributed by atoms with Gasteiger partial charge in [-0.15, -0.1) is 0 Å². The van der Waals surface area contributed by atoms with Crippen LogP contribution in [0.25, 0.3) is 24.3 Å². The van der Waals surface area contributed by atoms with Crippen molar-refractivity contribution in [2.24, 2.45) is 0 Å². The summed E-state index contributed by atoms with van der Waals surface area (Å²) in [5.74, 6) is -1.04. The van der Waals surface area contributed by atoms with Crippen molar-refractivity contribution >= 4 is 47.5 Å². The van der Waals surface area contributed by atoms with Gasteiger partial charge < -0.3 is 20.5 Å². The van der Waals surface area contributed by atoms with Crippen molar-refractivity contribution in [2.45, 2.75) is 13.8 Å². The molecule has 6 nitrogen and oxygen atoms in total. The smallest absolute Gasteiger partial charge is 0.752 e. The molecule has 1 radical (unpaired) electrons. The molecule has 0 aliphatic heterocycles. The molecular formula is C32H28CuN2O4. The number of hydrogen-bond donors (Lipinski definition) is 0. The third kappa shape index (κ3) is 10.2. The summed E-state index contributed by atoms with van der Waals surface area (Å²) in [7, 11) is 0. The third-order valence-corrected chi connectivity index (χ3v) is 5.36. The summed E-state index contributed by atoms with van der Waals surface area (Å²) >= 11 is 0. The van der Waals surface area contributed by atoms with Gasteiger partial charge in [-0.2, -0.15) is 0 Å². The first-order valence-corrected chi connectivity index (χ1v) is 12.0. The molecule has 0 spiro atoms. The molecule has 0 bridgehead atoms. The van der Waals surface area contributed by atoms with Gasteiger partial charge >= 0.3 is 17.1 Å². The van der Waals surface area contributed by atoms with E-state index in [9.17, 15) is 20.0 Å².